The molecule has 0 saturated carbocycles. The van der Waals surface area contributed by atoms with E-state index in [1.807, 2.05) is 0 Å². The smallest absolute Gasteiger partial charge is 0.304 e. The van der Waals surface area contributed by atoms with Gasteiger partial charge in [0.2, 0.25) is 0 Å². The van der Waals surface area contributed by atoms with Crippen molar-refractivity contribution in [3.63, 3.8) is 0 Å². The van der Waals surface area contributed by atoms with E-state index in [1.54, 1.807) is 0 Å². The van der Waals surface area contributed by atoms with Gasteiger partial charge in [-0.05, 0) is 0 Å². The Morgan fingerprint density at radius 3 is 2.25 bits per heavy atom. The first-order valence-electron chi connectivity index (χ1n) is 0.654. The summed E-state index contributed by atoms with van der Waals surface area (Å²) in [6, 6.07) is 0. The van der Waals surface area contributed by atoms with E-state index in [9.17, 15) is 0 Å². The predicted molar refractivity (Wildman–Crippen MR) is 16.1 cm³/mol. The molecule has 2 nitrogen and oxygen atoms in total. The lowest BCUT2D eigenvalue weighted by atomic mass is 11.7. The van der Waals surface area contributed by atoms with Gasteiger partial charge in [-0.25, -0.2) is 0 Å². The summed E-state index contributed by atoms with van der Waals surface area (Å²) in [7, 11) is 0. The summed E-state index contributed by atoms with van der Waals surface area (Å²) in [4.78, 5) is 8.88. The molecule has 0 aromatic rings. The molecule has 0 radical (unpaired) electrons. The van der Waals surface area contributed by atoms with Crippen molar-refractivity contribution in [2.24, 2.45) is 0 Å². The first-order valence-corrected chi connectivity index (χ1v) is 1.02. The Morgan fingerprint density at radius 1 is 2.00 bits per heavy atom. The van der Waals surface area contributed by atoms with E-state index in [-0.39, 0.29) is 6.47 Å². The van der Waals surface area contributed by atoms with Crippen molar-refractivity contribution in [1.29, 1.82) is 0 Å². The maximum absolute atomic E-state index is 8.88. The Hall–Kier alpha value is -0.180. The fraction of sp³-hybridized carbons (Fsp3) is 0. The molecule has 0 fully saturated rings. The number of thiol groups is 1. The lowest BCUT2D eigenvalue weighted by molar-refractivity contribution is -0.119. The second-order valence-electron chi connectivity index (χ2n) is 0.202. The fourth-order valence-electron chi connectivity index (χ4n) is 0. The van der Waals surface area contributed by atoms with Crippen LogP contribution < -0.4 is 0 Å². The molecule has 3 heteroatoms. The molecule has 0 aromatic carbocycles. The third-order valence-corrected chi connectivity index (χ3v) is 0.129. The van der Waals surface area contributed by atoms with Gasteiger partial charge in [-0.2, -0.15) is 0 Å². The molecule has 0 aliphatic carbocycles. The van der Waals surface area contributed by atoms with Gasteiger partial charge in [0.15, 0.2) is 0 Å². The van der Waals surface area contributed by atoms with Gasteiger partial charge in [0, 0.05) is 12.9 Å². The van der Waals surface area contributed by atoms with E-state index >= 15 is 0 Å². The predicted octanol–water partition coefficient (Wildman–Crippen LogP) is 0.00420. The molecular formula is CH2O2S. The molecule has 0 bridgehead atoms. The summed E-state index contributed by atoms with van der Waals surface area (Å²) in [6.45, 7) is 0.239. The first-order chi connectivity index (χ1) is 1.91. The van der Waals surface area contributed by atoms with Gasteiger partial charge in [0.05, 0.1) is 0 Å². The van der Waals surface area contributed by atoms with Gasteiger partial charge in [-0.1, -0.05) is 0 Å². The largest absolute Gasteiger partial charge is 0.397 e. The summed E-state index contributed by atoms with van der Waals surface area (Å²) in [6.07, 6.45) is 0. The topological polar surface area (TPSA) is 26.3 Å². The number of rotatable bonds is 1. The number of hydrogen-bond acceptors (Lipinski definition) is 3. The molecule has 0 rings (SSSR count). The molecule has 0 atom stereocenters. The lowest BCUT2D eigenvalue weighted by Crippen LogP contribution is -1.57. The Bertz CT molecular complexity index is 20.0. The van der Waals surface area contributed by atoms with Crippen molar-refractivity contribution in [2.45, 2.75) is 0 Å². The highest BCUT2D eigenvalue weighted by Gasteiger charge is 1.46. The van der Waals surface area contributed by atoms with Crippen LogP contribution in [-0.2, 0) is 8.98 Å². The van der Waals surface area contributed by atoms with Crippen molar-refractivity contribution in [3.05, 3.63) is 0 Å². The van der Waals surface area contributed by atoms with Crippen LogP contribution in [0.2, 0.25) is 0 Å². The van der Waals surface area contributed by atoms with Gasteiger partial charge < -0.3 is 4.18 Å². The van der Waals surface area contributed by atoms with Gasteiger partial charge in [0.25, 0.3) is 0 Å². The van der Waals surface area contributed by atoms with E-state index < -0.39 is 0 Å². The van der Waals surface area contributed by atoms with Crippen LogP contribution in [-0.4, -0.2) is 6.47 Å². The maximum Gasteiger partial charge on any atom is 0.304 e. The third-order valence-electron chi connectivity index (χ3n) is 0.0430. The average molecular weight is 78.1 g/mol. The van der Waals surface area contributed by atoms with Crippen molar-refractivity contribution in [2.75, 3.05) is 0 Å². The first kappa shape index (κ1) is 3.82. The standard InChI is InChI=1S/CH2O2S/c2-1-3-4/h1,4H. The van der Waals surface area contributed by atoms with E-state index in [4.69, 9.17) is 4.79 Å². The zero-order valence-electron chi connectivity index (χ0n) is 1.84. The summed E-state index contributed by atoms with van der Waals surface area (Å²) >= 11 is 3.05. The van der Waals surface area contributed by atoms with Crippen LogP contribution in [0, 0.1) is 0 Å². The third kappa shape index (κ3) is 1.82. The molecule has 0 N–H and O–H groups in total. The maximum atomic E-state index is 8.88. The van der Waals surface area contributed by atoms with Crippen LogP contribution in [0.3, 0.4) is 0 Å². The number of carbonyl (C=O) groups excluding carboxylic acids is 1. The van der Waals surface area contributed by atoms with Gasteiger partial charge >= 0.3 is 6.47 Å². The van der Waals surface area contributed by atoms with Crippen LogP contribution in [0.25, 0.3) is 0 Å². The Morgan fingerprint density at radius 2 is 2.25 bits per heavy atom. The molecule has 0 unspecified atom stereocenters. The molecular weight excluding hydrogens is 76.1 g/mol. The molecule has 0 aromatic heterocycles. The fourth-order valence-corrected chi connectivity index (χ4v) is 0. The second-order valence-corrected chi connectivity index (χ2v) is 0.412. The Kier molecular flexibility index (Phi) is 2.69. The van der Waals surface area contributed by atoms with Crippen LogP contribution >= 0.6 is 12.9 Å². The van der Waals surface area contributed by atoms with Gasteiger partial charge in [-0.15, -0.1) is 0 Å². The van der Waals surface area contributed by atoms with Crippen LogP contribution in [0.5, 0.6) is 0 Å². The highest BCUT2D eigenvalue weighted by molar-refractivity contribution is 7.75. The molecule has 0 saturated heterocycles. The Balaban J connectivity index is 2.30. The van der Waals surface area contributed by atoms with Crippen LogP contribution in [0.1, 0.15) is 0 Å². The zero-order chi connectivity index (χ0) is 3.41. The molecule has 4 heavy (non-hydrogen) atoms. The molecule has 0 spiro atoms. The van der Waals surface area contributed by atoms with Crippen LogP contribution in [0.15, 0.2) is 0 Å². The summed E-state index contributed by atoms with van der Waals surface area (Å²) in [5, 5.41) is 0. The summed E-state index contributed by atoms with van der Waals surface area (Å²) < 4.78 is 3.56. The van der Waals surface area contributed by atoms with Crippen molar-refractivity contribution >= 4 is 19.4 Å². The van der Waals surface area contributed by atoms with Gasteiger partial charge in [0.1, 0.15) is 0 Å². The zero-order valence-corrected chi connectivity index (χ0v) is 2.74. The van der Waals surface area contributed by atoms with Gasteiger partial charge in [-0.3, -0.25) is 4.79 Å². The van der Waals surface area contributed by atoms with E-state index in [0.717, 1.165) is 0 Å². The normalized spacial score (nSPS) is 5.25. The Labute approximate surface area is 29.4 Å². The van der Waals surface area contributed by atoms with Crippen LogP contribution in [0.4, 0.5) is 0 Å². The van der Waals surface area contributed by atoms with Crippen molar-refractivity contribution in [3.8, 4) is 0 Å². The minimum atomic E-state index is 0.239. The van der Waals surface area contributed by atoms with Crippen molar-refractivity contribution < 1.29 is 8.98 Å². The number of carbonyl (C=O) groups is 1. The van der Waals surface area contributed by atoms with E-state index in [0.29, 0.717) is 0 Å². The quantitative estimate of drug-likeness (QED) is 0.271. The minimum Gasteiger partial charge on any atom is -0.397 e. The molecule has 0 heterocycles. The SMILES string of the molecule is O=COS. The average Bonchev–Trinajstić information content (AvgIpc) is 1.37. The van der Waals surface area contributed by atoms with Crippen molar-refractivity contribution in [1.82, 2.24) is 0 Å². The molecule has 24 valence electrons. The highest BCUT2D eigenvalue weighted by atomic mass is 32.1. The molecule has 0 aliphatic rings. The lowest BCUT2D eigenvalue weighted by Gasteiger charge is -1.63. The van der Waals surface area contributed by atoms with E-state index in [2.05, 4.69) is 17.1 Å². The second kappa shape index (κ2) is 2.82. The number of hydrogen-bond donors (Lipinski definition) is 1. The van der Waals surface area contributed by atoms with E-state index in [1.165, 1.54) is 0 Å². The molecule has 0 amide bonds. The summed E-state index contributed by atoms with van der Waals surface area (Å²) in [5.41, 5.74) is 0. The molecule has 0 aliphatic heterocycles. The summed E-state index contributed by atoms with van der Waals surface area (Å²) in [5.74, 6) is 0. The highest BCUT2D eigenvalue weighted by Crippen LogP contribution is 1.60. The minimum absolute atomic E-state index is 0.239. The monoisotopic (exact) mass is 78.0 g/mol.